The summed E-state index contributed by atoms with van der Waals surface area (Å²) in [4.78, 5) is 18.4. The number of rotatable bonds is 6. The van der Waals surface area contributed by atoms with Crippen molar-refractivity contribution in [2.24, 2.45) is 0 Å². The number of amides is 1. The topological polar surface area (TPSA) is 80.6 Å². The third-order valence-electron chi connectivity index (χ3n) is 6.81. The average Bonchev–Trinajstić information content (AvgIpc) is 3.44. The Labute approximate surface area is 198 Å². The molecule has 0 aliphatic carbocycles. The molecule has 2 aromatic heterocycles. The molecule has 3 heterocycles. The van der Waals surface area contributed by atoms with E-state index in [9.17, 15) is 4.79 Å². The first-order valence-corrected chi connectivity index (χ1v) is 11.6. The summed E-state index contributed by atoms with van der Waals surface area (Å²) in [6.45, 7) is 5.64. The van der Waals surface area contributed by atoms with Gasteiger partial charge in [0.1, 0.15) is 23.9 Å². The lowest BCUT2D eigenvalue weighted by Crippen LogP contribution is -2.37. The number of carbonyl (C=O) groups excluding carboxylic acids is 1. The maximum absolute atomic E-state index is 13.1. The summed E-state index contributed by atoms with van der Waals surface area (Å²) in [6.07, 6.45) is 3.98. The number of piperidine rings is 1. The van der Waals surface area contributed by atoms with Crippen LogP contribution < -0.4 is 9.47 Å². The number of nitrogens with zero attached hydrogens (tertiary/aromatic N) is 2. The summed E-state index contributed by atoms with van der Waals surface area (Å²) in [5, 5.41) is 5.15. The van der Waals surface area contributed by atoms with E-state index in [0.717, 1.165) is 54.2 Å². The van der Waals surface area contributed by atoms with Crippen molar-refractivity contribution in [3.05, 3.63) is 76.8 Å². The monoisotopic (exact) mass is 459 g/mol. The summed E-state index contributed by atoms with van der Waals surface area (Å²) in [5.41, 5.74) is 4.89. The highest BCUT2D eigenvalue weighted by Crippen LogP contribution is 2.35. The van der Waals surface area contributed by atoms with Gasteiger partial charge in [0.05, 0.1) is 18.4 Å². The van der Waals surface area contributed by atoms with E-state index in [0.29, 0.717) is 23.8 Å². The van der Waals surface area contributed by atoms with E-state index in [2.05, 4.69) is 28.5 Å². The van der Waals surface area contributed by atoms with Crippen molar-refractivity contribution >= 4 is 16.8 Å². The third-order valence-corrected chi connectivity index (χ3v) is 6.81. The van der Waals surface area contributed by atoms with Crippen LogP contribution in [0.15, 0.2) is 53.2 Å². The van der Waals surface area contributed by atoms with E-state index in [1.807, 2.05) is 49.1 Å². The molecule has 1 saturated heterocycles. The number of likely N-dealkylation sites (tertiary alicyclic amines) is 1. The Kier molecular flexibility index (Phi) is 6.01. The fourth-order valence-corrected chi connectivity index (χ4v) is 4.72. The molecule has 0 atom stereocenters. The smallest absolute Gasteiger partial charge is 0.253 e. The highest BCUT2D eigenvalue weighted by atomic mass is 16.5. The Bertz CT molecular complexity index is 1280. The van der Waals surface area contributed by atoms with Gasteiger partial charge in [-0.05, 0) is 80.6 Å². The quantitative estimate of drug-likeness (QED) is 0.419. The standard InChI is InChI=1S/C27H29N3O4/c1-17-25(18(2)34-29-17)16-33-21-6-4-20(5-7-21)27(31)30-12-10-19(11-13-30)24-15-28-26-9-8-22(32-3)14-23(24)26/h4-9,14-15,19,28H,10-13,16H2,1-3H3. The first-order chi connectivity index (χ1) is 16.5. The third kappa shape index (κ3) is 4.25. The van der Waals surface area contributed by atoms with E-state index >= 15 is 0 Å². The van der Waals surface area contributed by atoms with Gasteiger partial charge in [-0.1, -0.05) is 5.16 Å². The van der Waals surface area contributed by atoms with Gasteiger partial charge in [0.2, 0.25) is 0 Å². The summed E-state index contributed by atoms with van der Waals surface area (Å²) in [6, 6.07) is 13.5. The van der Waals surface area contributed by atoms with Gasteiger partial charge in [0.15, 0.2) is 0 Å². The molecule has 4 aromatic rings. The molecule has 0 radical (unpaired) electrons. The van der Waals surface area contributed by atoms with Crippen LogP contribution >= 0.6 is 0 Å². The molecule has 7 nitrogen and oxygen atoms in total. The molecule has 0 bridgehead atoms. The van der Waals surface area contributed by atoms with Crippen LogP contribution in [0.2, 0.25) is 0 Å². The van der Waals surface area contributed by atoms with E-state index in [-0.39, 0.29) is 5.91 Å². The zero-order chi connectivity index (χ0) is 23.7. The van der Waals surface area contributed by atoms with Gasteiger partial charge in [0.25, 0.3) is 5.91 Å². The normalized spacial score (nSPS) is 14.5. The van der Waals surface area contributed by atoms with Gasteiger partial charge in [-0.25, -0.2) is 0 Å². The van der Waals surface area contributed by atoms with Crippen molar-refractivity contribution in [2.75, 3.05) is 20.2 Å². The molecule has 1 aliphatic rings. The van der Waals surface area contributed by atoms with Crippen molar-refractivity contribution in [1.82, 2.24) is 15.0 Å². The zero-order valence-electron chi connectivity index (χ0n) is 19.8. The molecular weight excluding hydrogens is 430 g/mol. The maximum atomic E-state index is 13.1. The molecule has 1 fully saturated rings. The fourth-order valence-electron chi connectivity index (χ4n) is 4.72. The second-order valence-electron chi connectivity index (χ2n) is 8.84. The molecular formula is C27H29N3O4. The van der Waals surface area contributed by atoms with Crippen LogP contribution in [-0.2, 0) is 6.61 Å². The minimum Gasteiger partial charge on any atom is -0.497 e. The average molecular weight is 460 g/mol. The minimum atomic E-state index is 0.0660. The predicted octanol–water partition coefficient (Wildman–Crippen LogP) is 5.38. The Hall–Kier alpha value is -3.74. The van der Waals surface area contributed by atoms with E-state index < -0.39 is 0 Å². The van der Waals surface area contributed by atoms with Crippen LogP contribution in [0.5, 0.6) is 11.5 Å². The van der Waals surface area contributed by atoms with Crippen LogP contribution in [0.1, 0.15) is 51.7 Å². The molecule has 0 unspecified atom stereocenters. The number of aromatic amines is 1. The van der Waals surface area contributed by atoms with Crippen molar-refractivity contribution in [3.8, 4) is 11.5 Å². The van der Waals surface area contributed by atoms with Crippen molar-refractivity contribution in [1.29, 1.82) is 0 Å². The lowest BCUT2D eigenvalue weighted by molar-refractivity contribution is 0.0713. The number of aromatic nitrogens is 2. The first kappa shape index (κ1) is 22.1. The van der Waals surface area contributed by atoms with Crippen molar-refractivity contribution < 1.29 is 18.8 Å². The number of fused-ring (bicyclic) bond motifs is 1. The summed E-state index contributed by atoms with van der Waals surface area (Å²) in [7, 11) is 1.69. The van der Waals surface area contributed by atoms with E-state index in [4.69, 9.17) is 14.0 Å². The minimum absolute atomic E-state index is 0.0660. The summed E-state index contributed by atoms with van der Waals surface area (Å²) >= 11 is 0. The SMILES string of the molecule is COc1ccc2[nH]cc(C3CCN(C(=O)c4ccc(OCc5c(C)noc5C)cc4)CC3)c2c1. The Morgan fingerprint density at radius 2 is 1.85 bits per heavy atom. The zero-order valence-corrected chi connectivity index (χ0v) is 19.8. The van der Waals surface area contributed by atoms with Crippen molar-refractivity contribution in [3.63, 3.8) is 0 Å². The maximum Gasteiger partial charge on any atom is 0.253 e. The van der Waals surface area contributed by atoms with E-state index in [1.54, 1.807) is 7.11 Å². The lowest BCUT2D eigenvalue weighted by Gasteiger charge is -2.32. The summed E-state index contributed by atoms with van der Waals surface area (Å²) < 4.78 is 16.4. The number of hydrogen-bond donors (Lipinski definition) is 1. The van der Waals surface area contributed by atoms with Gasteiger partial charge in [-0.2, -0.15) is 0 Å². The molecule has 0 saturated carbocycles. The number of ether oxygens (including phenoxy) is 2. The number of nitrogens with one attached hydrogen (secondary N) is 1. The number of benzene rings is 2. The second-order valence-corrected chi connectivity index (χ2v) is 8.84. The number of H-pyrrole nitrogens is 1. The van der Waals surface area contributed by atoms with Gasteiger partial charge >= 0.3 is 0 Å². The predicted molar refractivity (Wildman–Crippen MR) is 129 cm³/mol. The molecule has 1 N–H and O–H groups in total. The summed E-state index contributed by atoms with van der Waals surface area (Å²) in [5.74, 6) is 2.82. The second kappa shape index (κ2) is 9.25. The van der Waals surface area contributed by atoms with Crippen LogP contribution in [0.25, 0.3) is 10.9 Å². The molecule has 1 amide bonds. The molecule has 0 spiro atoms. The Morgan fingerprint density at radius 3 is 2.53 bits per heavy atom. The van der Waals surface area contributed by atoms with Gasteiger partial charge in [0, 0.05) is 35.8 Å². The largest absolute Gasteiger partial charge is 0.497 e. The van der Waals surface area contributed by atoms with Gasteiger partial charge in [-0.15, -0.1) is 0 Å². The van der Waals surface area contributed by atoms with Crippen LogP contribution in [0, 0.1) is 13.8 Å². The van der Waals surface area contributed by atoms with Crippen LogP contribution in [0.3, 0.4) is 0 Å². The lowest BCUT2D eigenvalue weighted by atomic mass is 9.89. The number of hydrogen-bond acceptors (Lipinski definition) is 5. The highest BCUT2D eigenvalue weighted by Gasteiger charge is 2.26. The molecule has 5 rings (SSSR count). The molecule has 7 heteroatoms. The Morgan fingerprint density at radius 1 is 1.12 bits per heavy atom. The van der Waals surface area contributed by atoms with Gasteiger partial charge in [-0.3, -0.25) is 4.79 Å². The van der Waals surface area contributed by atoms with E-state index in [1.165, 1.54) is 10.9 Å². The fraction of sp³-hybridized carbons (Fsp3) is 0.333. The van der Waals surface area contributed by atoms with Crippen molar-refractivity contribution in [2.45, 2.75) is 39.2 Å². The number of methoxy groups -OCH3 is 1. The van der Waals surface area contributed by atoms with Gasteiger partial charge < -0.3 is 23.9 Å². The van der Waals surface area contributed by atoms with Crippen LogP contribution in [0.4, 0.5) is 0 Å². The molecule has 176 valence electrons. The van der Waals surface area contributed by atoms with Crippen LogP contribution in [-0.4, -0.2) is 41.1 Å². The number of aryl methyl sites for hydroxylation is 2. The molecule has 2 aromatic carbocycles. The molecule has 1 aliphatic heterocycles. The molecule has 34 heavy (non-hydrogen) atoms. The Balaban J connectivity index is 1.20. The number of carbonyl (C=O) groups is 1. The highest BCUT2D eigenvalue weighted by molar-refractivity contribution is 5.94. The first-order valence-electron chi connectivity index (χ1n) is 11.6.